The van der Waals surface area contributed by atoms with E-state index in [1.54, 1.807) is 6.07 Å². The molecule has 0 N–H and O–H groups in total. The summed E-state index contributed by atoms with van der Waals surface area (Å²) in [5, 5.41) is 8.77. The summed E-state index contributed by atoms with van der Waals surface area (Å²) in [5.41, 5.74) is 0.735. The van der Waals surface area contributed by atoms with Gasteiger partial charge < -0.3 is 9.15 Å². The molecule has 1 aliphatic rings. The molecule has 2 aromatic rings. The van der Waals surface area contributed by atoms with E-state index in [9.17, 15) is 4.79 Å². The largest absolute Gasteiger partial charge is 0.466 e. The monoisotopic (exact) mass is 349 g/mol. The van der Waals surface area contributed by atoms with Gasteiger partial charge in [0.25, 0.3) is 0 Å². The fourth-order valence-electron chi connectivity index (χ4n) is 2.84. The van der Waals surface area contributed by atoms with Crippen LogP contribution in [0.15, 0.2) is 28.7 Å². The quantitative estimate of drug-likeness (QED) is 0.772. The first-order valence-electron chi connectivity index (χ1n) is 8.13. The first-order chi connectivity index (χ1) is 11.7. The molecule has 0 radical (unpaired) electrons. The van der Waals surface area contributed by atoms with Gasteiger partial charge in [0, 0.05) is 0 Å². The van der Waals surface area contributed by atoms with Crippen molar-refractivity contribution in [2.75, 3.05) is 19.7 Å². The Kier molecular flexibility index (Phi) is 5.48. The molecule has 1 aliphatic heterocycles. The van der Waals surface area contributed by atoms with Gasteiger partial charge in [-0.25, -0.2) is 0 Å². The Morgan fingerprint density at radius 3 is 2.79 bits per heavy atom. The molecular formula is C17H20ClN3O3. The fourth-order valence-corrected chi connectivity index (χ4v) is 3.06. The van der Waals surface area contributed by atoms with E-state index < -0.39 is 0 Å². The molecule has 0 saturated carbocycles. The molecule has 6 nitrogen and oxygen atoms in total. The maximum absolute atomic E-state index is 11.8. The molecule has 0 atom stereocenters. The van der Waals surface area contributed by atoms with E-state index in [1.807, 2.05) is 25.1 Å². The second kappa shape index (κ2) is 7.77. The highest BCUT2D eigenvalue weighted by Gasteiger charge is 2.26. The molecule has 1 aromatic heterocycles. The summed E-state index contributed by atoms with van der Waals surface area (Å²) in [6.45, 7) is 4.47. The topological polar surface area (TPSA) is 68.5 Å². The second-order valence-corrected chi connectivity index (χ2v) is 6.19. The standard InChI is InChI=1S/C17H20ClN3O3/c1-2-23-17(22)12-7-9-21(10-8-12)11-15-19-20-16(24-15)13-5-3-4-6-14(13)18/h3-6,12H,2,7-11H2,1H3. The molecule has 1 fully saturated rings. The lowest BCUT2D eigenvalue weighted by molar-refractivity contribution is -0.149. The predicted octanol–water partition coefficient (Wildman–Crippen LogP) is 3.17. The van der Waals surface area contributed by atoms with E-state index in [1.165, 1.54) is 0 Å². The van der Waals surface area contributed by atoms with Crippen LogP contribution in [-0.4, -0.2) is 40.8 Å². The van der Waals surface area contributed by atoms with Crippen molar-refractivity contribution in [2.45, 2.75) is 26.3 Å². The number of esters is 1. The number of nitrogens with zero attached hydrogens (tertiary/aromatic N) is 3. The number of hydrogen-bond acceptors (Lipinski definition) is 6. The van der Waals surface area contributed by atoms with Gasteiger partial charge in [-0.05, 0) is 45.0 Å². The Balaban J connectivity index is 1.57. The van der Waals surface area contributed by atoms with Crippen LogP contribution in [0.1, 0.15) is 25.7 Å². The lowest BCUT2D eigenvalue weighted by atomic mass is 9.97. The molecule has 3 rings (SSSR count). The molecule has 24 heavy (non-hydrogen) atoms. The average molecular weight is 350 g/mol. The van der Waals surface area contributed by atoms with Crippen molar-refractivity contribution in [1.29, 1.82) is 0 Å². The number of carbonyl (C=O) groups is 1. The van der Waals surface area contributed by atoms with Crippen LogP contribution < -0.4 is 0 Å². The average Bonchev–Trinajstić information content (AvgIpc) is 3.04. The number of aromatic nitrogens is 2. The van der Waals surface area contributed by atoms with Crippen LogP contribution in [0.3, 0.4) is 0 Å². The second-order valence-electron chi connectivity index (χ2n) is 5.78. The number of piperidine rings is 1. The van der Waals surface area contributed by atoms with Crippen molar-refractivity contribution in [3.05, 3.63) is 35.2 Å². The number of halogens is 1. The number of benzene rings is 1. The number of rotatable bonds is 5. The van der Waals surface area contributed by atoms with Gasteiger partial charge in [0.15, 0.2) is 0 Å². The van der Waals surface area contributed by atoms with Gasteiger partial charge in [-0.3, -0.25) is 9.69 Å². The first-order valence-corrected chi connectivity index (χ1v) is 8.51. The summed E-state index contributed by atoms with van der Waals surface area (Å²) >= 11 is 6.15. The zero-order chi connectivity index (χ0) is 16.9. The molecule has 0 unspecified atom stereocenters. The molecule has 1 saturated heterocycles. The van der Waals surface area contributed by atoms with Gasteiger partial charge in [-0.1, -0.05) is 23.7 Å². The Bertz CT molecular complexity index is 696. The Morgan fingerprint density at radius 2 is 2.08 bits per heavy atom. The third kappa shape index (κ3) is 3.94. The lowest BCUT2D eigenvalue weighted by Crippen LogP contribution is -2.36. The summed E-state index contributed by atoms with van der Waals surface area (Å²) in [4.78, 5) is 14.0. The zero-order valence-corrected chi connectivity index (χ0v) is 14.3. The molecule has 0 bridgehead atoms. The minimum Gasteiger partial charge on any atom is -0.466 e. The van der Waals surface area contributed by atoms with Gasteiger partial charge in [0.2, 0.25) is 11.8 Å². The molecule has 7 heteroatoms. The summed E-state index contributed by atoms with van der Waals surface area (Å²) in [5.74, 6) is 0.898. The van der Waals surface area contributed by atoms with Crippen molar-refractivity contribution in [1.82, 2.24) is 15.1 Å². The highest BCUT2D eigenvalue weighted by atomic mass is 35.5. The van der Waals surface area contributed by atoms with Crippen molar-refractivity contribution in [2.24, 2.45) is 5.92 Å². The minimum atomic E-state index is -0.0871. The van der Waals surface area contributed by atoms with Gasteiger partial charge in [0.1, 0.15) is 0 Å². The van der Waals surface area contributed by atoms with Crippen LogP contribution in [0.5, 0.6) is 0 Å². The van der Waals surface area contributed by atoms with E-state index in [4.69, 9.17) is 20.8 Å². The molecule has 128 valence electrons. The predicted molar refractivity (Wildman–Crippen MR) is 89.4 cm³/mol. The van der Waals surface area contributed by atoms with Gasteiger partial charge in [0.05, 0.1) is 29.7 Å². The number of ether oxygens (including phenoxy) is 1. The third-order valence-corrected chi connectivity index (χ3v) is 4.47. The minimum absolute atomic E-state index is 0.00238. The van der Waals surface area contributed by atoms with Gasteiger partial charge >= 0.3 is 5.97 Å². The SMILES string of the molecule is CCOC(=O)C1CCN(Cc2nnc(-c3ccccc3Cl)o2)CC1. The van der Waals surface area contributed by atoms with Crippen LogP contribution >= 0.6 is 11.6 Å². The Morgan fingerprint density at radius 1 is 1.33 bits per heavy atom. The highest BCUT2D eigenvalue weighted by molar-refractivity contribution is 6.33. The van der Waals surface area contributed by atoms with Crippen LogP contribution in [-0.2, 0) is 16.1 Å². The highest BCUT2D eigenvalue weighted by Crippen LogP contribution is 2.27. The zero-order valence-electron chi connectivity index (χ0n) is 13.6. The summed E-state index contributed by atoms with van der Waals surface area (Å²) in [6.07, 6.45) is 1.59. The van der Waals surface area contributed by atoms with Crippen LogP contribution in [0, 0.1) is 5.92 Å². The van der Waals surface area contributed by atoms with E-state index in [-0.39, 0.29) is 11.9 Å². The number of hydrogen-bond donors (Lipinski definition) is 0. The Labute approximate surface area is 145 Å². The summed E-state index contributed by atoms with van der Waals surface area (Å²) in [7, 11) is 0. The van der Waals surface area contributed by atoms with E-state index >= 15 is 0 Å². The van der Waals surface area contributed by atoms with E-state index in [0.29, 0.717) is 30.0 Å². The summed E-state index contributed by atoms with van der Waals surface area (Å²) in [6, 6.07) is 7.38. The van der Waals surface area contributed by atoms with Crippen molar-refractivity contribution in [3.63, 3.8) is 0 Å². The Hall–Kier alpha value is -1.92. The summed E-state index contributed by atoms with van der Waals surface area (Å²) < 4.78 is 10.8. The van der Waals surface area contributed by atoms with Crippen LogP contribution in [0.4, 0.5) is 0 Å². The van der Waals surface area contributed by atoms with Crippen molar-refractivity contribution >= 4 is 17.6 Å². The molecular weight excluding hydrogens is 330 g/mol. The third-order valence-electron chi connectivity index (χ3n) is 4.14. The lowest BCUT2D eigenvalue weighted by Gasteiger charge is -2.29. The van der Waals surface area contributed by atoms with E-state index in [0.717, 1.165) is 31.5 Å². The number of likely N-dealkylation sites (tertiary alicyclic amines) is 1. The van der Waals surface area contributed by atoms with Gasteiger partial charge in [-0.15, -0.1) is 10.2 Å². The van der Waals surface area contributed by atoms with Crippen LogP contribution in [0.25, 0.3) is 11.5 Å². The molecule has 2 heterocycles. The van der Waals surface area contributed by atoms with Crippen molar-refractivity contribution < 1.29 is 13.9 Å². The fraction of sp³-hybridized carbons (Fsp3) is 0.471. The first kappa shape index (κ1) is 16.9. The normalized spacial score (nSPS) is 16.2. The van der Waals surface area contributed by atoms with Crippen molar-refractivity contribution in [3.8, 4) is 11.5 Å². The number of carbonyl (C=O) groups excluding carboxylic acids is 1. The molecule has 0 amide bonds. The maximum Gasteiger partial charge on any atom is 0.309 e. The molecule has 0 spiro atoms. The van der Waals surface area contributed by atoms with Crippen LogP contribution in [0.2, 0.25) is 5.02 Å². The van der Waals surface area contributed by atoms with E-state index in [2.05, 4.69) is 15.1 Å². The van der Waals surface area contributed by atoms with Gasteiger partial charge in [-0.2, -0.15) is 0 Å². The maximum atomic E-state index is 11.8. The molecule has 1 aromatic carbocycles. The molecule has 0 aliphatic carbocycles. The smallest absolute Gasteiger partial charge is 0.309 e.